The van der Waals surface area contributed by atoms with Crippen LogP contribution in [0.4, 0.5) is 4.79 Å². The molecule has 3 amide bonds. The number of aryl methyl sites for hydroxylation is 2. The molecule has 0 atom stereocenters. The Kier molecular flexibility index (Phi) is 5.74. The molecule has 0 aliphatic carbocycles. The first-order valence-corrected chi connectivity index (χ1v) is 7.97. The second-order valence-corrected chi connectivity index (χ2v) is 6.04. The topological polar surface area (TPSA) is 92.1 Å². The number of carbonyl (C=O) groups excluding carboxylic acids is 2. The van der Waals surface area contributed by atoms with E-state index in [1.54, 1.807) is 37.1 Å². The van der Waals surface area contributed by atoms with Gasteiger partial charge in [0.1, 0.15) is 0 Å². The van der Waals surface area contributed by atoms with Crippen molar-refractivity contribution in [1.82, 2.24) is 30.3 Å². The van der Waals surface area contributed by atoms with Crippen molar-refractivity contribution in [3.63, 3.8) is 0 Å². The number of aromatic nitrogens is 3. The molecule has 2 aromatic rings. The van der Waals surface area contributed by atoms with Crippen LogP contribution in [0.25, 0.3) is 0 Å². The summed E-state index contributed by atoms with van der Waals surface area (Å²) in [6.07, 6.45) is 1.56. The van der Waals surface area contributed by atoms with Crippen molar-refractivity contribution in [2.75, 3.05) is 14.1 Å². The fraction of sp³-hybridized carbons (Fsp3) is 0.412. The van der Waals surface area contributed by atoms with Crippen molar-refractivity contribution >= 4 is 11.9 Å². The van der Waals surface area contributed by atoms with Crippen molar-refractivity contribution in [3.05, 3.63) is 46.5 Å². The summed E-state index contributed by atoms with van der Waals surface area (Å²) in [6, 6.07) is 3.11. The monoisotopic (exact) mass is 344 g/mol. The second-order valence-electron chi connectivity index (χ2n) is 6.04. The normalized spacial score (nSPS) is 10.4. The summed E-state index contributed by atoms with van der Waals surface area (Å²) in [6.45, 7) is 4.57. The highest BCUT2D eigenvalue weighted by Crippen LogP contribution is 2.11. The van der Waals surface area contributed by atoms with Crippen molar-refractivity contribution in [2.45, 2.75) is 26.9 Å². The summed E-state index contributed by atoms with van der Waals surface area (Å²) in [7, 11) is 5.20. The molecule has 8 nitrogen and oxygen atoms in total. The van der Waals surface area contributed by atoms with E-state index >= 15 is 0 Å². The molecule has 0 fully saturated rings. The summed E-state index contributed by atoms with van der Waals surface area (Å²) < 4.78 is 1.80. The van der Waals surface area contributed by atoms with Crippen molar-refractivity contribution < 1.29 is 9.59 Å². The van der Waals surface area contributed by atoms with E-state index in [0.29, 0.717) is 17.8 Å². The lowest BCUT2D eigenvalue weighted by Gasteiger charge is -2.12. The van der Waals surface area contributed by atoms with Crippen LogP contribution in [0.1, 0.15) is 33.0 Å². The Bertz CT molecular complexity index is 781. The van der Waals surface area contributed by atoms with Gasteiger partial charge in [0.2, 0.25) is 0 Å². The van der Waals surface area contributed by atoms with E-state index in [9.17, 15) is 9.59 Å². The third kappa shape index (κ3) is 4.56. The van der Waals surface area contributed by atoms with E-state index < -0.39 is 0 Å². The molecule has 0 saturated heterocycles. The molecular formula is C17H24N6O2. The van der Waals surface area contributed by atoms with Crippen LogP contribution in [0.3, 0.4) is 0 Å². The zero-order valence-electron chi connectivity index (χ0n) is 15.3. The lowest BCUT2D eigenvalue weighted by Crippen LogP contribution is -2.34. The van der Waals surface area contributed by atoms with Gasteiger partial charge in [0.15, 0.2) is 0 Å². The number of amides is 3. The highest BCUT2D eigenvalue weighted by atomic mass is 16.2. The van der Waals surface area contributed by atoms with Gasteiger partial charge in [-0.3, -0.25) is 14.5 Å². The number of pyridine rings is 1. The Labute approximate surface area is 147 Å². The number of hydrogen-bond donors (Lipinski definition) is 2. The first-order chi connectivity index (χ1) is 11.8. The predicted octanol–water partition coefficient (Wildman–Crippen LogP) is 1.13. The van der Waals surface area contributed by atoms with Gasteiger partial charge in [-0.15, -0.1) is 0 Å². The van der Waals surface area contributed by atoms with Crippen molar-refractivity contribution in [2.24, 2.45) is 7.05 Å². The standard InChI is InChI=1S/C17H24N6O2/c1-11-15(12(2)23(5)21-11)10-19-16(24)13-6-7-18-14(8-13)9-20-17(25)22(3)4/h6-8H,9-10H2,1-5H3,(H,19,24)(H,20,25). The summed E-state index contributed by atoms with van der Waals surface area (Å²) in [5.74, 6) is -0.190. The Hall–Kier alpha value is -2.90. The molecule has 0 aromatic carbocycles. The highest BCUT2D eigenvalue weighted by Gasteiger charge is 2.12. The molecule has 2 N–H and O–H groups in total. The molecule has 0 saturated carbocycles. The van der Waals surface area contributed by atoms with E-state index in [0.717, 1.165) is 17.0 Å². The van der Waals surface area contributed by atoms with Gasteiger partial charge in [0.05, 0.1) is 17.9 Å². The van der Waals surface area contributed by atoms with Crippen molar-refractivity contribution in [3.8, 4) is 0 Å². The van der Waals surface area contributed by atoms with Gasteiger partial charge in [0, 0.05) is 50.7 Å². The van der Waals surface area contributed by atoms with Crippen LogP contribution >= 0.6 is 0 Å². The fourth-order valence-corrected chi connectivity index (χ4v) is 2.38. The minimum Gasteiger partial charge on any atom is -0.348 e. The zero-order chi connectivity index (χ0) is 18.6. The molecule has 25 heavy (non-hydrogen) atoms. The minimum atomic E-state index is -0.209. The molecule has 2 rings (SSSR count). The first kappa shape index (κ1) is 18.4. The molecule has 0 aliphatic heterocycles. The van der Waals surface area contributed by atoms with Gasteiger partial charge in [0.25, 0.3) is 5.91 Å². The van der Waals surface area contributed by atoms with Gasteiger partial charge in [-0.05, 0) is 26.0 Å². The Balaban J connectivity index is 2.00. The van der Waals surface area contributed by atoms with Gasteiger partial charge < -0.3 is 15.5 Å². The smallest absolute Gasteiger partial charge is 0.317 e. The maximum absolute atomic E-state index is 12.4. The summed E-state index contributed by atoms with van der Waals surface area (Å²) in [5, 5.41) is 9.97. The molecule has 0 aliphatic rings. The van der Waals surface area contributed by atoms with Crippen LogP contribution in [0.15, 0.2) is 18.3 Å². The molecular weight excluding hydrogens is 320 g/mol. The van der Waals surface area contributed by atoms with Crippen LogP contribution in [-0.2, 0) is 20.1 Å². The number of rotatable bonds is 5. The van der Waals surface area contributed by atoms with Crippen LogP contribution in [-0.4, -0.2) is 45.7 Å². The molecule has 134 valence electrons. The maximum atomic E-state index is 12.4. The molecule has 0 radical (unpaired) electrons. The third-order valence-electron chi connectivity index (χ3n) is 3.99. The SMILES string of the molecule is Cc1nn(C)c(C)c1CNC(=O)c1ccnc(CNC(=O)N(C)C)c1. The molecule has 0 bridgehead atoms. The zero-order valence-corrected chi connectivity index (χ0v) is 15.3. The summed E-state index contributed by atoms with van der Waals surface area (Å²) >= 11 is 0. The number of hydrogen-bond acceptors (Lipinski definition) is 4. The van der Waals surface area contributed by atoms with Gasteiger partial charge in [-0.1, -0.05) is 0 Å². The summed E-state index contributed by atoms with van der Waals surface area (Å²) in [5.41, 5.74) is 4.07. The van der Waals surface area contributed by atoms with Crippen LogP contribution < -0.4 is 10.6 Å². The van der Waals surface area contributed by atoms with E-state index in [-0.39, 0.29) is 18.5 Å². The van der Waals surface area contributed by atoms with Crippen LogP contribution in [0, 0.1) is 13.8 Å². The quantitative estimate of drug-likeness (QED) is 0.850. The summed E-state index contributed by atoms with van der Waals surface area (Å²) in [4.78, 5) is 29.6. The molecule has 2 heterocycles. The van der Waals surface area contributed by atoms with Crippen LogP contribution in [0.5, 0.6) is 0 Å². The number of nitrogens with zero attached hydrogens (tertiary/aromatic N) is 4. The number of urea groups is 1. The largest absolute Gasteiger partial charge is 0.348 e. The lowest BCUT2D eigenvalue weighted by molar-refractivity contribution is 0.0950. The van der Waals surface area contributed by atoms with Gasteiger partial charge >= 0.3 is 6.03 Å². The van der Waals surface area contributed by atoms with E-state index in [1.165, 1.54) is 4.90 Å². The highest BCUT2D eigenvalue weighted by molar-refractivity contribution is 5.94. The van der Waals surface area contributed by atoms with E-state index in [1.807, 2.05) is 20.9 Å². The maximum Gasteiger partial charge on any atom is 0.317 e. The minimum absolute atomic E-state index is 0.190. The van der Waals surface area contributed by atoms with Crippen molar-refractivity contribution in [1.29, 1.82) is 0 Å². The first-order valence-electron chi connectivity index (χ1n) is 7.97. The second kappa shape index (κ2) is 7.78. The lowest BCUT2D eigenvalue weighted by atomic mass is 10.1. The number of carbonyl (C=O) groups is 2. The van der Waals surface area contributed by atoms with Crippen LogP contribution in [0.2, 0.25) is 0 Å². The fourth-order valence-electron chi connectivity index (χ4n) is 2.38. The predicted molar refractivity (Wildman–Crippen MR) is 94.0 cm³/mol. The molecule has 0 unspecified atom stereocenters. The average Bonchev–Trinajstić information content (AvgIpc) is 2.83. The third-order valence-corrected chi connectivity index (χ3v) is 3.99. The Morgan fingerprint density at radius 1 is 1.20 bits per heavy atom. The Morgan fingerprint density at radius 2 is 1.92 bits per heavy atom. The Morgan fingerprint density at radius 3 is 2.52 bits per heavy atom. The number of nitrogens with one attached hydrogen (secondary N) is 2. The van der Waals surface area contributed by atoms with Gasteiger partial charge in [-0.25, -0.2) is 4.79 Å². The van der Waals surface area contributed by atoms with E-state index in [4.69, 9.17) is 0 Å². The molecule has 8 heteroatoms. The van der Waals surface area contributed by atoms with E-state index in [2.05, 4.69) is 20.7 Å². The molecule has 2 aromatic heterocycles. The average molecular weight is 344 g/mol. The molecule has 0 spiro atoms. The van der Waals surface area contributed by atoms with Gasteiger partial charge in [-0.2, -0.15) is 5.10 Å².